The van der Waals surface area contributed by atoms with E-state index in [4.69, 9.17) is 15.2 Å². The summed E-state index contributed by atoms with van der Waals surface area (Å²) in [6.07, 6.45) is -6.59. The second kappa shape index (κ2) is 9.37. The Kier molecular flexibility index (Phi) is 10.7. The van der Waals surface area contributed by atoms with Crippen LogP contribution in [0.5, 0.6) is 0 Å². The first-order chi connectivity index (χ1) is 8.09. The van der Waals surface area contributed by atoms with Gasteiger partial charge in [0.2, 0.25) is 6.41 Å². The number of carbonyl (C=O) groups excluding carboxylic acids is 1. The van der Waals surface area contributed by atoms with E-state index in [1.165, 1.54) is 0 Å². The molecule has 0 radical (unpaired) electrons. The molecule has 0 aliphatic carbocycles. The zero-order valence-electron chi connectivity index (χ0n) is 10.1. The Morgan fingerprint density at radius 2 is 1.68 bits per heavy atom. The summed E-state index contributed by atoms with van der Waals surface area (Å²) >= 11 is 0. The second-order valence-electron chi connectivity index (χ2n) is 3.63. The molecule has 5 atom stereocenters. The van der Waals surface area contributed by atoms with Crippen molar-refractivity contribution < 1.29 is 74.3 Å². The van der Waals surface area contributed by atoms with Gasteiger partial charge in [-0.3, -0.25) is 10.0 Å². The maximum atomic E-state index is 10.5. The summed E-state index contributed by atoms with van der Waals surface area (Å²) in [5.41, 5.74) is 0. The predicted molar refractivity (Wildman–Crippen MR) is 53.0 cm³/mol. The molecule has 0 aromatic rings. The van der Waals surface area contributed by atoms with Crippen LogP contribution in [0.15, 0.2) is 0 Å². The van der Waals surface area contributed by atoms with Crippen molar-refractivity contribution in [1.29, 1.82) is 0 Å². The van der Waals surface area contributed by atoms with Crippen LogP contribution in [0, 0.1) is 0 Å². The van der Waals surface area contributed by atoms with E-state index < -0.39 is 44.7 Å². The summed E-state index contributed by atoms with van der Waals surface area (Å²) in [4.78, 5) is 28.9. The summed E-state index contributed by atoms with van der Waals surface area (Å²) in [6.45, 7) is -0.730. The third-order valence-corrected chi connectivity index (χ3v) is 3.08. The first-order valence-electron chi connectivity index (χ1n) is 4.76. The van der Waals surface area contributed by atoms with Gasteiger partial charge in [0.1, 0.15) is 18.1 Å². The molecule has 108 valence electrons. The van der Waals surface area contributed by atoms with Gasteiger partial charge in [-0.1, -0.05) is 0 Å². The molecule has 12 heteroatoms. The Hall–Kier alpha value is 0.420. The largest absolute Gasteiger partial charge is 1.00 e. The van der Waals surface area contributed by atoms with E-state index in [2.05, 4.69) is 0 Å². The van der Waals surface area contributed by atoms with Gasteiger partial charge in [-0.2, -0.15) is 0 Å². The van der Waals surface area contributed by atoms with Crippen LogP contribution in [-0.2, 0) is 9.36 Å². The van der Waals surface area contributed by atoms with Crippen molar-refractivity contribution in [2.75, 3.05) is 6.54 Å². The third-order valence-electron chi connectivity index (χ3n) is 2.11. The number of aliphatic hydroxyl groups is 4. The quantitative estimate of drug-likeness (QED) is 0.0834. The summed E-state index contributed by atoms with van der Waals surface area (Å²) in [5, 5.41) is 45.4. The first-order valence-corrected chi connectivity index (χ1v) is 6.40. The number of rotatable bonds is 8. The number of amides is 1. The SMILES string of the molecule is O=CN(O)C[C@H](O)[C@H](O)[C@H](O)CC(O)P(=O)([O-])O.[Na+]. The molecule has 0 saturated carbocycles. The monoisotopic (exact) mass is 311 g/mol. The fraction of sp³-hybridized carbons (Fsp3) is 0.857. The number of aliphatic hydroxyl groups excluding tert-OH is 4. The molecule has 0 rings (SSSR count). The Balaban J connectivity index is 0. The maximum absolute atomic E-state index is 10.5. The fourth-order valence-corrected chi connectivity index (χ4v) is 1.57. The van der Waals surface area contributed by atoms with Crippen LogP contribution in [0.3, 0.4) is 0 Å². The summed E-state index contributed by atoms with van der Waals surface area (Å²) in [5.74, 6) is -2.30. The molecule has 6 N–H and O–H groups in total. The van der Waals surface area contributed by atoms with Crippen molar-refractivity contribution in [2.24, 2.45) is 0 Å². The van der Waals surface area contributed by atoms with E-state index in [0.717, 1.165) is 0 Å². The summed E-state index contributed by atoms with van der Waals surface area (Å²) < 4.78 is 10.5. The van der Waals surface area contributed by atoms with Crippen molar-refractivity contribution >= 4 is 14.0 Å². The molecule has 0 aromatic heterocycles. The molecule has 0 aliphatic heterocycles. The smallest absolute Gasteiger partial charge is 0.777 e. The molecule has 0 aliphatic rings. The van der Waals surface area contributed by atoms with E-state index in [1.807, 2.05) is 0 Å². The molecular weight excluding hydrogens is 296 g/mol. The van der Waals surface area contributed by atoms with Crippen molar-refractivity contribution in [3.05, 3.63) is 0 Å². The minimum atomic E-state index is -5.08. The van der Waals surface area contributed by atoms with E-state index in [9.17, 15) is 29.6 Å². The zero-order valence-corrected chi connectivity index (χ0v) is 13.0. The number of hydrogen-bond donors (Lipinski definition) is 6. The molecule has 10 nitrogen and oxygen atoms in total. The van der Waals surface area contributed by atoms with Crippen molar-refractivity contribution in [2.45, 2.75) is 30.6 Å². The standard InChI is InChI=1S/C7H16NO9P.Na/c9-3-8(14)2-5(11)7(13)4(10)1-6(12)18(15,16)17;/h3-7,10-14H,1-2H2,(H2,15,16,17);/q;+1/p-1/t4-,5+,6?,7-;/m1./s1. The molecule has 0 bridgehead atoms. The number of nitrogens with zero attached hydrogens (tertiary/aromatic N) is 1. The van der Waals surface area contributed by atoms with Crippen LogP contribution in [0.25, 0.3) is 0 Å². The minimum absolute atomic E-state index is 0. The van der Waals surface area contributed by atoms with Gasteiger partial charge < -0.3 is 34.8 Å². The first kappa shape index (κ1) is 21.7. The van der Waals surface area contributed by atoms with Crippen LogP contribution in [0.1, 0.15) is 6.42 Å². The Bertz CT molecular complexity index is 313. The average molecular weight is 311 g/mol. The zero-order chi connectivity index (χ0) is 14.5. The van der Waals surface area contributed by atoms with Gasteiger partial charge in [-0.25, -0.2) is 5.06 Å². The van der Waals surface area contributed by atoms with Crippen LogP contribution >= 0.6 is 7.60 Å². The topological polar surface area (TPSA) is 182 Å². The van der Waals surface area contributed by atoms with Gasteiger partial charge in [-0.15, -0.1) is 0 Å². The van der Waals surface area contributed by atoms with Crippen molar-refractivity contribution in [3.8, 4) is 0 Å². The Morgan fingerprint density at radius 3 is 2.05 bits per heavy atom. The van der Waals surface area contributed by atoms with E-state index in [-0.39, 0.29) is 41.0 Å². The van der Waals surface area contributed by atoms with Gasteiger partial charge in [0.25, 0.3) is 0 Å². The normalized spacial score (nSPS) is 20.4. The third kappa shape index (κ3) is 8.33. The van der Waals surface area contributed by atoms with Crippen LogP contribution in [-0.4, -0.2) is 72.7 Å². The number of hydrogen-bond acceptors (Lipinski definition) is 8. The van der Waals surface area contributed by atoms with Gasteiger partial charge in [0.15, 0.2) is 7.60 Å². The van der Waals surface area contributed by atoms with Crippen LogP contribution in [0.2, 0.25) is 0 Å². The average Bonchev–Trinajstić information content (AvgIpc) is 2.26. The van der Waals surface area contributed by atoms with Gasteiger partial charge in [0, 0.05) is 6.42 Å². The molecule has 19 heavy (non-hydrogen) atoms. The van der Waals surface area contributed by atoms with Gasteiger partial charge >= 0.3 is 29.6 Å². The predicted octanol–water partition coefficient (Wildman–Crippen LogP) is -6.83. The Labute approximate surface area is 130 Å². The van der Waals surface area contributed by atoms with E-state index in [0.29, 0.717) is 0 Å². The van der Waals surface area contributed by atoms with E-state index >= 15 is 0 Å². The van der Waals surface area contributed by atoms with Crippen molar-refractivity contribution in [3.63, 3.8) is 0 Å². The second-order valence-corrected chi connectivity index (χ2v) is 5.36. The van der Waals surface area contributed by atoms with Crippen molar-refractivity contribution in [1.82, 2.24) is 5.06 Å². The molecule has 0 spiro atoms. The summed E-state index contributed by atoms with van der Waals surface area (Å²) in [6, 6.07) is 0. The van der Waals surface area contributed by atoms with Gasteiger partial charge in [0.05, 0.1) is 12.6 Å². The summed E-state index contributed by atoms with van der Waals surface area (Å²) in [7, 11) is -5.08. The molecular formula is C7H15NNaO9P. The molecule has 0 fully saturated rings. The Morgan fingerprint density at radius 1 is 1.21 bits per heavy atom. The number of carbonyl (C=O) groups is 1. The number of hydroxylamine groups is 2. The van der Waals surface area contributed by atoms with E-state index in [1.54, 1.807) is 0 Å². The minimum Gasteiger partial charge on any atom is -0.777 e. The van der Waals surface area contributed by atoms with Crippen LogP contribution < -0.4 is 34.5 Å². The van der Waals surface area contributed by atoms with Crippen LogP contribution in [0.4, 0.5) is 0 Å². The molecule has 0 saturated heterocycles. The molecule has 1 amide bonds. The molecule has 0 heterocycles. The maximum Gasteiger partial charge on any atom is 1.00 e. The fourth-order valence-electron chi connectivity index (χ4n) is 1.09. The van der Waals surface area contributed by atoms with Gasteiger partial charge in [-0.05, 0) is 0 Å². The molecule has 2 unspecified atom stereocenters. The molecule has 0 aromatic carbocycles.